The van der Waals surface area contributed by atoms with Gasteiger partial charge in [0.25, 0.3) is 0 Å². The summed E-state index contributed by atoms with van der Waals surface area (Å²) >= 11 is 0. The van der Waals surface area contributed by atoms with Crippen LogP contribution in [-0.2, 0) is 11.1 Å². The lowest BCUT2D eigenvalue weighted by atomic mass is 10.2. The van der Waals surface area contributed by atoms with E-state index in [0.29, 0.717) is 0 Å². The van der Waals surface area contributed by atoms with E-state index in [1.807, 2.05) is 36.4 Å². The van der Waals surface area contributed by atoms with E-state index in [0.717, 1.165) is 30.2 Å². The molecule has 0 aliphatic carbocycles. The van der Waals surface area contributed by atoms with Crippen LogP contribution < -0.4 is 21.2 Å². The highest BCUT2D eigenvalue weighted by Crippen LogP contribution is 2.59. The van der Waals surface area contributed by atoms with Crippen LogP contribution in [0, 0.1) is 0 Å². The first-order valence-electron chi connectivity index (χ1n) is 13.6. The van der Waals surface area contributed by atoms with Gasteiger partial charge in [-0.1, -0.05) is 152 Å². The molecule has 2 unspecified atom stereocenters. The van der Waals surface area contributed by atoms with Crippen LogP contribution in [0.4, 0.5) is 0 Å². The third-order valence-corrected chi connectivity index (χ3v) is 14.4. The van der Waals surface area contributed by atoms with Gasteiger partial charge in [-0.3, -0.25) is 4.90 Å². The molecular weight excluding hydrogens is 512 g/mol. The average Bonchev–Trinajstić information content (AvgIpc) is 3.42. The van der Waals surface area contributed by atoms with Crippen LogP contribution in [-0.4, -0.2) is 29.3 Å². The molecule has 6 rings (SSSR count). The van der Waals surface area contributed by atoms with Gasteiger partial charge in [0.15, 0.2) is 0 Å². The predicted molar refractivity (Wildman–Crippen MR) is 168 cm³/mol. The first-order chi connectivity index (χ1) is 19.2. The summed E-state index contributed by atoms with van der Waals surface area (Å²) in [5, 5.41) is 4.62. The molecule has 0 spiro atoms. The normalized spacial score (nSPS) is 17.9. The van der Waals surface area contributed by atoms with Gasteiger partial charge < -0.3 is 4.57 Å². The SMILES string of the molecule is O=P(c1ccccc1)(c1ccccc1)C1CN(Cc2ccccc2)CC1P(c1ccccc1)c1ccccc1. The van der Waals surface area contributed by atoms with E-state index in [4.69, 9.17) is 0 Å². The Bertz CT molecular complexity index is 1430. The number of nitrogens with zero attached hydrogens (tertiary/aromatic N) is 1. The zero-order chi connectivity index (χ0) is 26.5. The second-order valence-corrected chi connectivity index (χ2v) is 15.6. The molecule has 0 N–H and O–H groups in total. The van der Waals surface area contributed by atoms with E-state index < -0.39 is 15.1 Å². The summed E-state index contributed by atoms with van der Waals surface area (Å²) < 4.78 is 15.8. The fraction of sp³-hybridized carbons (Fsp3) is 0.143. The van der Waals surface area contributed by atoms with Gasteiger partial charge >= 0.3 is 0 Å². The molecular formula is C35H33NOP2. The monoisotopic (exact) mass is 545 g/mol. The van der Waals surface area contributed by atoms with Gasteiger partial charge in [0.2, 0.25) is 0 Å². The third-order valence-electron chi connectivity index (χ3n) is 7.73. The number of likely N-dealkylation sites (tertiary alicyclic amines) is 1. The van der Waals surface area contributed by atoms with Crippen molar-refractivity contribution in [2.75, 3.05) is 13.1 Å². The van der Waals surface area contributed by atoms with Crippen molar-refractivity contribution in [2.45, 2.75) is 17.9 Å². The smallest absolute Gasteiger partial charge is 0.148 e. The first kappa shape index (κ1) is 26.0. The Kier molecular flexibility index (Phi) is 7.89. The lowest BCUT2D eigenvalue weighted by molar-refractivity contribution is 0.332. The summed E-state index contributed by atoms with van der Waals surface area (Å²) in [5.41, 5.74) is 1.53. The summed E-state index contributed by atoms with van der Waals surface area (Å²) in [6, 6.07) is 53.1. The van der Waals surface area contributed by atoms with Crippen LogP contribution in [0.15, 0.2) is 152 Å². The van der Waals surface area contributed by atoms with Gasteiger partial charge in [-0.05, 0) is 24.1 Å². The number of rotatable bonds is 8. The van der Waals surface area contributed by atoms with Crippen molar-refractivity contribution in [3.05, 3.63) is 157 Å². The second-order valence-electron chi connectivity index (χ2n) is 10.2. The molecule has 0 radical (unpaired) electrons. The van der Waals surface area contributed by atoms with E-state index in [9.17, 15) is 0 Å². The van der Waals surface area contributed by atoms with Crippen molar-refractivity contribution >= 4 is 36.3 Å². The van der Waals surface area contributed by atoms with Gasteiger partial charge in [0.05, 0.1) is 0 Å². The molecule has 2 nitrogen and oxygen atoms in total. The second kappa shape index (κ2) is 11.8. The van der Waals surface area contributed by atoms with Gasteiger partial charge in [0, 0.05) is 41.6 Å². The molecule has 1 fully saturated rings. The Morgan fingerprint density at radius 1 is 0.564 bits per heavy atom. The van der Waals surface area contributed by atoms with E-state index >= 15 is 4.57 Å². The standard InChI is InChI=1S/C35H33NOP2/c37-39(32-22-12-4-13-23-32,33-24-14-5-15-25-33)35-28-36(26-29-16-6-1-7-17-29)27-34(35)38(30-18-8-2-9-19-30)31-20-10-3-11-21-31/h1-25,34-35H,26-28H2. The molecule has 2 atom stereocenters. The lowest BCUT2D eigenvalue weighted by Crippen LogP contribution is -2.36. The van der Waals surface area contributed by atoms with E-state index in [1.165, 1.54) is 16.2 Å². The van der Waals surface area contributed by atoms with Crippen LogP contribution in [0.3, 0.4) is 0 Å². The highest BCUT2D eigenvalue weighted by Gasteiger charge is 2.49. The summed E-state index contributed by atoms with van der Waals surface area (Å²) in [7, 11) is -3.74. The minimum absolute atomic E-state index is 0.00228. The molecule has 0 amide bonds. The number of hydrogen-bond acceptors (Lipinski definition) is 2. The first-order valence-corrected chi connectivity index (χ1v) is 16.8. The van der Waals surface area contributed by atoms with Crippen LogP contribution >= 0.6 is 15.1 Å². The fourth-order valence-electron chi connectivity index (χ4n) is 5.97. The highest BCUT2D eigenvalue weighted by atomic mass is 31.2. The molecule has 1 saturated heterocycles. The topological polar surface area (TPSA) is 20.3 Å². The van der Waals surface area contributed by atoms with Crippen molar-refractivity contribution < 1.29 is 4.57 Å². The molecule has 1 aliphatic rings. The van der Waals surface area contributed by atoms with Crippen molar-refractivity contribution in [3.63, 3.8) is 0 Å². The minimum Gasteiger partial charge on any atom is -0.313 e. The Hall–Kier alpha value is -3.28. The van der Waals surface area contributed by atoms with Crippen molar-refractivity contribution in [3.8, 4) is 0 Å². The van der Waals surface area contributed by atoms with Crippen LogP contribution in [0.2, 0.25) is 0 Å². The summed E-state index contributed by atoms with van der Waals surface area (Å²) in [5.74, 6) is 0. The van der Waals surface area contributed by atoms with Crippen molar-refractivity contribution in [2.24, 2.45) is 0 Å². The molecule has 0 aromatic heterocycles. The maximum atomic E-state index is 15.8. The minimum atomic E-state index is -2.99. The zero-order valence-corrected chi connectivity index (χ0v) is 23.7. The summed E-state index contributed by atoms with van der Waals surface area (Å²) in [4.78, 5) is 2.55. The Morgan fingerprint density at radius 3 is 1.44 bits per heavy atom. The molecule has 4 heteroatoms. The van der Waals surface area contributed by atoms with Crippen molar-refractivity contribution in [1.29, 1.82) is 0 Å². The fourth-order valence-corrected chi connectivity index (χ4v) is 13.1. The number of hydrogen-bond donors (Lipinski definition) is 0. The summed E-state index contributed by atoms with van der Waals surface area (Å²) in [6.07, 6.45) is 0. The average molecular weight is 546 g/mol. The quantitative estimate of drug-likeness (QED) is 0.211. The van der Waals surface area contributed by atoms with Crippen molar-refractivity contribution in [1.82, 2.24) is 4.90 Å². The molecule has 1 heterocycles. The van der Waals surface area contributed by atoms with Gasteiger partial charge in [-0.15, -0.1) is 0 Å². The van der Waals surface area contributed by atoms with Crippen LogP contribution in [0.25, 0.3) is 0 Å². The molecule has 5 aromatic rings. The molecule has 0 bridgehead atoms. The van der Waals surface area contributed by atoms with E-state index in [-0.39, 0.29) is 11.3 Å². The molecule has 39 heavy (non-hydrogen) atoms. The Labute approximate surface area is 233 Å². The molecule has 1 aliphatic heterocycles. The maximum Gasteiger partial charge on any atom is 0.148 e. The van der Waals surface area contributed by atoms with Gasteiger partial charge in [-0.25, -0.2) is 0 Å². The Morgan fingerprint density at radius 2 is 0.974 bits per heavy atom. The third kappa shape index (κ3) is 5.43. The zero-order valence-electron chi connectivity index (χ0n) is 22.0. The van der Waals surface area contributed by atoms with Gasteiger partial charge in [0.1, 0.15) is 7.14 Å². The van der Waals surface area contributed by atoms with Crippen LogP contribution in [0.1, 0.15) is 5.56 Å². The van der Waals surface area contributed by atoms with E-state index in [2.05, 4.69) is 120 Å². The van der Waals surface area contributed by atoms with E-state index in [1.54, 1.807) is 0 Å². The molecule has 0 saturated carbocycles. The largest absolute Gasteiger partial charge is 0.313 e. The summed E-state index contributed by atoms with van der Waals surface area (Å²) in [6.45, 7) is 2.59. The molecule has 5 aromatic carbocycles. The lowest BCUT2D eigenvalue weighted by Gasteiger charge is -2.34. The predicted octanol–water partition coefficient (Wildman–Crippen LogP) is 6.39. The highest BCUT2D eigenvalue weighted by molar-refractivity contribution is 7.81. The maximum absolute atomic E-state index is 15.8. The van der Waals surface area contributed by atoms with Gasteiger partial charge in [-0.2, -0.15) is 0 Å². The molecule has 194 valence electrons. The number of benzene rings is 5. The Balaban J connectivity index is 1.52. The van der Waals surface area contributed by atoms with Crippen LogP contribution in [0.5, 0.6) is 0 Å².